The van der Waals surface area contributed by atoms with Crippen molar-refractivity contribution in [3.8, 4) is 0 Å². The van der Waals surface area contributed by atoms with E-state index in [-0.39, 0.29) is 12.2 Å². The molecule has 0 aromatic carbocycles. The number of rotatable bonds is 0. The van der Waals surface area contributed by atoms with Gasteiger partial charge in [-0.05, 0) is 13.8 Å². The lowest BCUT2D eigenvalue weighted by Gasteiger charge is -2.18. The highest BCUT2D eigenvalue weighted by molar-refractivity contribution is 8.06. The van der Waals surface area contributed by atoms with E-state index in [1.165, 1.54) is 0 Å². The second-order valence-corrected chi connectivity index (χ2v) is 4.73. The Balaban J connectivity index is 2.65. The topological polar surface area (TPSA) is 41.5 Å². The van der Waals surface area contributed by atoms with Crippen molar-refractivity contribution in [3.63, 3.8) is 0 Å². The molecule has 1 fully saturated rings. The molecule has 1 aliphatic heterocycles. The van der Waals surface area contributed by atoms with Crippen LogP contribution in [0, 0.1) is 0 Å². The van der Waals surface area contributed by atoms with Gasteiger partial charge in [-0.1, -0.05) is 11.8 Å². The fraction of sp³-hybridized carbons (Fsp3) is 1.00. The average Bonchev–Trinajstić information content (AvgIpc) is 1.79. The van der Waals surface area contributed by atoms with Crippen LogP contribution in [-0.2, 0) is 20.9 Å². The summed E-state index contributed by atoms with van der Waals surface area (Å²) in [5.41, 5.74) is 0. The first kappa shape index (κ1) is 7.63. The second-order valence-electron chi connectivity index (χ2n) is 2.07. The largest absolute Gasteiger partial charge is 0.780 e. The van der Waals surface area contributed by atoms with E-state index in [2.05, 4.69) is 11.8 Å². The summed E-state index contributed by atoms with van der Waals surface area (Å²) in [4.78, 5) is 10.8. The van der Waals surface area contributed by atoms with E-state index in [4.69, 9.17) is 9.05 Å². The first-order chi connectivity index (χ1) is 4.01. The van der Waals surface area contributed by atoms with E-state index in [0.717, 1.165) is 0 Å². The van der Waals surface area contributed by atoms with Gasteiger partial charge in [0.2, 0.25) is 0 Å². The summed E-state index contributed by atoms with van der Waals surface area (Å²) >= 11 is 4.47. The summed E-state index contributed by atoms with van der Waals surface area (Å²) in [6, 6.07) is 0. The third kappa shape index (κ3) is 1.72. The van der Waals surface area contributed by atoms with Crippen LogP contribution in [0.4, 0.5) is 0 Å². The molecule has 0 spiro atoms. The summed E-state index contributed by atoms with van der Waals surface area (Å²) in [6.07, 6.45) is -0.262. The molecule has 1 rings (SSSR count). The molecule has 0 bridgehead atoms. The molecule has 0 N–H and O–H groups in total. The highest BCUT2D eigenvalue weighted by Crippen LogP contribution is 2.48. The third-order valence-corrected chi connectivity index (χ3v) is 2.95. The summed E-state index contributed by atoms with van der Waals surface area (Å²) in [6.45, 7) is 0.504. The van der Waals surface area contributed by atoms with Gasteiger partial charge in [-0.15, -0.1) is 0 Å². The van der Waals surface area contributed by atoms with Crippen molar-refractivity contribution < 1.29 is 13.9 Å². The summed E-state index contributed by atoms with van der Waals surface area (Å²) in [7, 11) is 0. The summed E-state index contributed by atoms with van der Waals surface area (Å²) in [5.74, 6) is 0. The Hall–Kier alpha value is 0.530. The van der Waals surface area contributed by atoms with E-state index in [1.807, 2.05) is 0 Å². The molecular weight excluding hydrogens is 159 g/mol. The average molecular weight is 167 g/mol. The van der Waals surface area contributed by atoms with Gasteiger partial charge in [0, 0.05) is 0 Å². The van der Waals surface area contributed by atoms with Gasteiger partial charge in [-0.2, -0.15) is 0 Å². The molecule has 0 amide bonds. The Morgan fingerprint density at radius 1 is 1.33 bits per heavy atom. The molecule has 0 radical (unpaired) electrons. The number of hydrogen-bond acceptors (Lipinski definition) is 4. The molecular formula is C4H8O3PS-. The van der Waals surface area contributed by atoms with Gasteiger partial charge in [-0.3, -0.25) is 0 Å². The van der Waals surface area contributed by atoms with Crippen LogP contribution in [0.1, 0.15) is 13.8 Å². The molecule has 0 saturated carbocycles. The van der Waals surface area contributed by atoms with Crippen LogP contribution in [0.2, 0.25) is 0 Å². The van der Waals surface area contributed by atoms with Crippen LogP contribution in [0.5, 0.6) is 0 Å². The van der Waals surface area contributed by atoms with Crippen molar-refractivity contribution in [1.29, 1.82) is 0 Å². The highest BCUT2D eigenvalue weighted by atomic mass is 32.5. The highest BCUT2D eigenvalue weighted by Gasteiger charge is 2.27. The van der Waals surface area contributed by atoms with Crippen LogP contribution in [0.15, 0.2) is 0 Å². The van der Waals surface area contributed by atoms with Gasteiger partial charge in [0.1, 0.15) is 6.72 Å². The van der Waals surface area contributed by atoms with Gasteiger partial charge in [0.05, 0.1) is 12.2 Å². The molecule has 2 unspecified atom stereocenters. The maximum absolute atomic E-state index is 10.8. The predicted molar refractivity (Wildman–Crippen MR) is 35.4 cm³/mol. The number of hydrogen-bond donors (Lipinski definition) is 0. The van der Waals surface area contributed by atoms with Gasteiger partial charge in [0.15, 0.2) is 0 Å². The molecule has 0 aromatic rings. The first-order valence-electron chi connectivity index (χ1n) is 2.69. The lowest BCUT2D eigenvalue weighted by Crippen LogP contribution is -2.13. The van der Waals surface area contributed by atoms with Crippen LogP contribution in [-0.4, -0.2) is 12.2 Å². The SMILES string of the molecule is CC1OP([O-])(=S)OC1C. The Morgan fingerprint density at radius 3 is 1.78 bits per heavy atom. The lowest BCUT2D eigenvalue weighted by molar-refractivity contribution is -0.197. The Bertz CT molecular complexity index is 146. The fourth-order valence-corrected chi connectivity index (χ4v) is 2.63. The molecule has 2 atom stereocenters. The van der Waals surface area contributed by atoms with Gasteiger partial charge < -0.3 is 13.9 Å². The quantitative estimate of drug-likeness (QED) is 0.489. The third-order valence-electron chi connectivity index (χ3n) is 1.25. The molecule has 0 aromatic heterocycles. The lowest BCUT2D eigenvalue weighted by atomic mass is 10.3. The zero-order chi connectivity index (χ0) is 7.07. The zero-order valence-corrected chi connectivity index (χ0v) is 6.95. The van der Waals surface area contributed by atoms with E-state index < -0.39 is 6.72 Å². The van der Waals surface area contributed by atoms with Crippen LogP contribution in [0.3, 0.4) is 0 Å². The fourth-order valence-electron chi connectivity index (χ4n) is 0.604. The molecule has 5 heteroatoms. The Kier molecular flexibility index (Phi) is 1.94. The molecule has 1 aliphatic rings. The van der Waals surface area contributed by atoms with E-state index in [1.54, 1.807) is 13.8 Å². The first-order valence-corrected chi connectivity index (χ1v) is 5.25. The molecule has 0 aliphatic carbocycles. The minimum Gasteiger partial charge on any atom is -0.780 e. The standard InChI is InChI=1S/C4H9O3PS/c1-3-4(2)7-8(5,9)6-3/h3-4H,1-2H3,(H,5,9)/p-1. The van der Waals surface area contributed by atoms with Crippen molar-refractivity contribution in [2.45, 2.75) is 26.1 Å². The van der Waals surface area contributed by atoms with Crippen molar-refractivity contribution in [3.05, 3.63) is 0 Å². The van der Waals surface area contributed by atoms with Gasteiger partial charge >= 0.3 is 0 Å². The minimum absolute atomic E-state index is 0.131. The molecule has 3 nitrogen and oxygen atoms in total. The normalized spacial score (nSPS) is 51.9. The van der Waals surface area contributed by atoms with Crippen molar-refractivity contribution >= 4 is 18.5 Å². The molecule has 1 saturated heterocycles. The Labute approximate surface area is 59.2 Å². The van der Waals surface area contributed by atoms with E-state index in [9.17, 15) is 4.89 Å². The van der Waals surface area contributed by atoms with Crippen LogP contribution in [0.25, 0.3) is 0 Å². The maximum Gasteiger partial charge on any atom is 0.116 e. The van der Waals surface area contributed by atoms with E-state index >= 15 is 0 Å². The van der Waals surface area contributed by atoms with E-state index in [0.29, 0.717) is 0 Å². The van der Waals surface area contributed by atoms with Gasteiger partial charge in [0.25, 0.3) is 0 Å². The van der Waals surface area contributed by atoms with Crippen LogP contribution < -0.4 is 4.89 Å². The maximum atomic E-state index is 10.8. The molecule has 9 heavy (non-hydrogen) atoms. The van der Waals surface area contributed by atoms with Crippen molar-refractivity contribution in [2.24, 2.45) is 0 Å². The minimum atomic E-state index is -3.07. The van der Waals surface area contributed by atoms with Crippen molar-refractivity contribution in [1.82, 2.24) is 0 Å². The summed E-state index contributed by atoms with van der Waals surface area (Å²) in [5, 5.41) is 0. The van der Waals surface area contributed by atoms with Gasteiger partial charge in [-0.25, -0.2) is 0 Å². The second kappa shape index (κ2) is 2.29. The Morgan fingerprint density at radius 2 is 1.67 bits per heavy atom. The monoisotopic (exact) mass is 167 g/mol. The smallest absolute Gasteiger partial charge is 0.116 e. The molecule has 1 heterocycles. The molecule has 54 valence electrons. The van der Waals surface area contributed by atoms with Crippen molar-refractivity contribution in [2.75, 3.05) is 0 Å². The summed E-state index contributed by atoms with van der Waals surface area (Å²) < 4.78 is 9.62. The zero-order valence-electron chi connectivity index (χ0n) is 5.23. The predicted octanol–water partition coefficient (Wildman–Crippen LogP) is 0.395. The van der Waals surface area contributed by atoms with Crippen LogP contribution >= 0.6 is 6.72 Å².